The summed E-state index contributed by atoms with van der Waals surface area (Å²) in [6.45, 7) is 4.89. The molecule has 10 heteroatoms. The number of phenolic OH excluding ortho intramolecular Hbond substituents is 1. The summed E-state index contributed by atoms with van der Waals surface area (Å²) < 4.78 is 0. The van der Waals surface area contributed by atoms with Crippen LogP contribution in [0.25, 0.3) is 0 Å². The molecule has 39 heavy (non-hydrogen) atoms. The Morgan fingerprint density at radius 3 is 2.54 bits per heavy atom. The molecule has 0 aromatic heterocycles. The molecule has 3 aliphatic carbocycles. The number of nitrogens with two attached hydrogens (primary N) is 1. The van der Waals surface area contributed by atoms with E-state index in [2.05, 4.69) is 16.7 Å². The highest BCUT2D eigenvalue weighted by Gasteiger charge is 2.55. The van der Waals surface area contributed by atoms with Crippen molar-refractivity contribution in [3.8, 4) is 5.75 Å². The number of fused-ring (bicyclic) bond motifs is 7. The van der Waals surface area contributed by atoms with E-state index in [1.807, 2.05) is 7.05 Å². The molecule has 0 saturated carbocycles. The van der Waals surface area contributed by atoms with Gasteiger partial charge in [-0.3, -0.25) is 24.2 Å². The largest absolute Gasteiger partial charge is 0.511 e. The molecule has 208 valence electrons. The molecule has 0 radical (unpaired) electrons. The minimum absolute atomic E-state index is 0.108. The summed E-state index contributed by atoms with van der Waals surface area (Å²) >= 11 is 0. The van der Waals surface area contributed by atoms with Gasteiger partial charge in [-0.05, 0) is 81.4 Å². The first-order valence-electron chi connectivity index (χ1n) is 13.7. The fraction of sp³-hybridized carbons (Fsp3) is 0.552. The van der Waals surface area contributed by atoms with E-state index in [9.17, 15) is 29.7 Å². The summed E-state index contributed by atoms with van der Waals surface area (Å²) in [5.74, 6) is -4.90. The Labute approximate surface area is 227 Å². The number of likely N-dealkylation sites (tertiary alicyclic amines) is 1. The molecule has 2 unspecified atom stereocenters. The van der Waals surface area contributed by atoms with Crippen molar-refractivity contribution in [1.82, 2.24) is 9.80 Å². The first kappa shape index (κ1) is 25.9. The normalized spacial score (nSPS) is 32.2. The fourth-order valence-corrected chi connectivity index (χ4v) is 8.40. The molecular weight excluding hydrogens is 500 g/mol. The summed E-state index contributed by atoms with van der Waals surface area (Å²) in [5, 5.41) is 33.7. The SMILES string of the molecule is CCN1CCC2CN(C)c3c(cc(O)c4c3C[C@@H]3C[C@H]5[C@@H](C(=O)C(C(N)=O)=C(O)[C@@H]5N(C)C)C(O)=C3C4=O)C21. The molecule has 2 heterocycles. The highest BCUT2D eigenvalue weighted by atomic mass is 16.3. The molecule has 1 saturated heterocycles. The number of carbonyl (C=O) groups excluding carboxylic acids is 3. The van der Waals surface area contributed by atoms with Gasteiger partial charge in [0.2, 0.25) is 0 Å². The van der Waals surface area contributed by atoms with Gasteiger partial charge in [-0.1, -0.05) is 6.92 Å². The lowest BCUT2D eigenvalue weighted by molar-refractivity contribution is -0.127. The molecule has 10 nitrogen and oxygen atoms in total. The predicted octanol–water partition coefficient (Wildman–Crippen LogP) is 1.84. The predicted molar refractivity (Wildman–Crippen MR) is 144 cm³/mol. The summed E-state index contributed by atoms with van der Waals surface area (Å²) in [7, 11) is 5.48. The molecule has 5 N–H and O–H groups in total. The zero-order valence-electron chi connectivity index (χ0n) is 22.8. The van der Waals surface area contributed by atoms with Crippen LogP contribution in [0.2, 0.25) is 0 Å². The lowest BCUT2D eigenvalue weighted by Crippen LogP contribution is -2.53. The number of aromatic hydroxyl groups is 1. The zero-order valence-corrected chi connectivity index (χ0v) is 22.8. The number of Topliss-reactive ketones (excluding diaryl/α,β-unsaturated/α-hetero) is 2. The van der Waals surface area contributed by atoms with Crippen LogP contribution in [-0.2, 0) is 16.0 Å². The van der Waals surface area contributed by atoms with Gasteiger partial charge in [0.25, 0.3) is 5.91 Å². The number of anilines is 1. The van der Waals surface area contributed by atoms with Gasteiger partial charge in [-0.25, -0.2) is 0 Å². The third-order valence-corrected chi connectivity index (χ3v) is 9.81. The lowest BCUT2D eigenvalue weighted by atomic mass is 9.60. The van der Waals surface area contributed by atoms with Gasteiger partial charge in [-0.2, -0.15) is 0 Å². The highest BCUT2D eigenvalue weighted by molar-refractivity contribution is 6.22. The second kappa shape index (κ2) is 8.82. The number of phenols is 1. The van der Waals surface area contributed by atoms with E-state index in [1.165, 1.54) is 0 Å². The zero-order chi connectivity index (χ0) is 28.1. The van der Waals surface area contributed by atoms with Crippen LogP contribution < -0.4 is 10.6 Å². The van der Waals surface area contributed by atoms with Crippen LogP contribution in [-0.4, -0.2) is 89.4 Å². The second-order valence-corrected chi connectivity index (χ2v) is 12.0. The number of likely N-dealkylation sites (N-methyl/N-ethyl adjacent to an activating group) is 1. The summed E-state index contributed by atoms with van der Waals surface area (Å²) in [6.07, 6.45) is 1.84. The number of carbonyl (C=O) groups is 3. The van der Waals surface area contributed by atoms with Gasteiger partial charge in [0, 0.05) is 30.9 Å². The summed E-state index contributed by atoms with van der Waals surface area (Å²) in [4.78, 5) is 45.9. The number of hydrogen-bond acceptors (Lipinski definition) is 9. The van der Waals surface area contributed by atoms with Crippen LogP contribution in [0.3, 0.4) is 0 Å². The van der Waals surface area contributed by atoms with E-state index in [1.54, 1.807) is 25.1 Å². The number of hydrogen-bond donors (Lipinski definition) is 4. The Kier molecular flexibility index (Phi) is 5.86. The minimum Gasteiger partial charge on any atom is -0.511 e. The molecule has 1 aromatic carbocycles. The number of primary amides is 1. The number of benzene rings is 1. The van der Waals surface area contributed by atoms with Crippen molar-refractivity contribution < 1.29 is 29.7 Å². The van der Waals surface area contributed by atoms with Crippen molar-refractivity contribution in [3.63, 3.8) is 0 Å². The van der Waals surface area contributed by atoms with Crippen LogP contribution in [0.15, 0.2) is 28.7 Å². The highest BCUT2D eigenvalue weighted by Crippen LogP contribution is 2.55. The third kappa shape index (κ3) is 3.43. The van der Waals surface area contributed by atoms with E-state index < -0.39 is 46.8 Å². The molecular formula is C29H36N4O6. The molecule has 1 fully saturated rings. The number of amides is 1. The van der Waals surface area contributed by atoms with Crippen LogP contribution in [0.1, 0.15) is 47.3 Å². The van der Waals surface area contributed by atoms with E-state index in [0.717, 1.165) is 42.9 Å². The standard InChI is InChI=1S/C29H36N4O6/c1-5-33-7-6-12-11-32(4)23-14-8-13-9-15-20(27(37)21(29(30)39)28(38)24(15)31(2)3)26(36)18(13)25(35)19(14)17(34)10-16(23)22(12)33/h10,12-13,15,20,22,24,34,36,38H,5-9,11H2,1-4H3,(H2,30,39)/t12?,13-,15+,20-,22?,24-/m1/s1. The number of nitrogens with zero attached hydrogens (tertiary/aromatic N) is 3. The third-order valence-electron chi connectivity index (χ3n) is 9.81. The number of rotatable bonds is 3. The van der Waals surface area contributed by atoms with Gasteiger partial charge in [-0.15, -0.1) is 0 Å². The molecule has 6 rings (SSSR count). The Hall–Kier alpha value is -3.37. The maximum absolute atomic E-state index is 14.0. The molecule has 1 amide bonds. The molecule has 6 atom stereocenters. The molecule has 0 spiro atoms. The molecule has 2 aliphatic heterocycles. The fourth-order valence-electron chi connectivity index (χ4n) is 8.40. The second-order valence-electron chi connectivity index (χ2n) is 12.0. The first-order valence-corrected chi connectivity index (χ1v) is 13.7. The van der Waals surface area contributed by atoms with Crippen molar-refractivity contribution in [1.29, 1.82) is 0 Å². The Morgan fingerprint density at radius 1 is 1.18 bits per heavy atom. The van der Waals surface area contributed by atoms with Gasteiger partial charge < -0.3 is 26.0 Å². The van der Waals surface area contributed by atoms with Crippen molar-refractivity contribution >= 4 is 23.2 Å². The lowest BCUT2D eigenvalue weighted by Gasteiger charge is -2.47. The minimum atomic E-state index is -1.17. The van der Waals surface area contributed by atoms with E-state index in [0.29, 0.717) is 18.8 Å². The Morgan fingerprint density at radius 2 is 1.90 bits per heavy atom. The monoisotopic (exact) mass is 536 g/mol. The van der Waals surface area contributed by atoms with E-state index in [-0.39, 0.29) is 34.4 Å². The molecule has 5 aliphatic rings. The average molecular weight is 537 g/mol. The van der Waals surface area contributed by atoms with E-state index >= 15 is 0 Å². The van der Waals surface area contributed by atoms with Crippen LogP contribution in [0, 0.1) is 23.7 Å². The summed E-state index contributed by atoms with van der Waals surface area (Å²) in [5.41, 5.74) is 8.00. The van der Waals surface area contributed by atoms with E-state index in [4.69, 9.17) is 5.73 Å². The Bertz CT molecular complexity index is 1380. The van der Waals surface area contributed by atoms with Gasteiger partial charge in [0.1, 0.15) is 22.8 Å². The Balaban J connectivity index is 1.51. The number of aliphatic hydroxyl groups is 2. The van der Waals surface area contributed by atoms with Gasteiger partial charge in [0.15, 0.2) is 11.6 Å². The van der Waals surface area contributed by atoms with Crippen molar-refractivity contribution in [2.75, 3.05) is 45.7 Å². The van der Waals surface area contributed by atoms with Crippen LogP contribution in [0.5, 0.6) is 5.75 Å². The van der Waals surface area contributed by atoms with Crippen LogP contribution >= 0.6 is 0 Å². The van der Waals surface area contributed by atoms with Gasteiger partial charge in [0.05, 0.1) is 17.5 Å². The summed E-state index contributed by atoms with van der Waals surface area (Å²) in [6, 6.07) is 1.17. The maximum Gasteiger partial charge on any atom is 0.255 e. The maximum atomic E-state index is 14.0. The topological polar surface area (TPSA) is 148 Å². The molecule has 0 bridgehead atoms. The number of aliphatic hydroxyl groups excluding tert-OH is 2. The quantitative estimate of drug-likeness (QED) is 0.425. The first-order chi connectivity index (χ1) is 18.5. The number of allylic oxidation sites excluding steroid dienone is 2. The van der Waals surface area contributed by atoms with Crippen molar-refractivity contribution in [2.45, 2.75) is 38.3 Å². The number of ketones is 2. The average Bonchev–Trinajstić information content (AvgIpc) is 3.25. The van der Waals surface area contributed by atoms with Gasteiger partial charge >= 0.3 is 0 Å². The van der Waals surface area contributed by atoms with Crippen molar-refractivity contribution in [3.05, 3.63) is 45.4 Å². The van der Waals surface area contributed by atoms with Crippen molar-refractivity contribution in [2.24, 2.45) is 29.4 Å². The smallest absolute Gasteiger partial charge is 0.255 e. The van der Waals surface area contributed by atoms with Crippen LogP contribution in [0.4, 0.5) is 5.69 Å². The molecule has 1 aromatic rings.